The summed E-state index contributed by atoms with van der Waals surface area (Å²) in [5.74, 6) is 0.840. The van der Waals surface area contributed by atoms with Gasteiger partial charge in [0.1, 0.15) is 5.75 Å². The number of methoxy groups -OCH3 is 1. The molecule has 2 rings (SSSR count). The highest BCUT2D eigenvalue weighted by Gasteiger charge is 2.14. The molecule has 4 heteroatoms. The maximum atomic E-state index is 6.08. The summed E-state index contributed by atoms with van der Waals surface area (Å²) in [7, 11) is 1.67. The maximum Gasteiger partial charge on any atom is 0.124 e. The fourth-order valence-electron chi connectivity index (χ4n) is 1.89. The van der Waals surface area contributed by atoms with E-state index in [0.29, 0.717) is 0 Å². The number of rotatable bonds is 4. The van der Waals surface area contributed by atoms with Gasteiger partial charge in [-0.05, 0) is 47.1 Å². The summed E-state index contributed by atoms with van der Waals surface area (Å²) in [4.78, 5) is 2.29. The predicted octanol–water partition coefficient (Wildman–Crippen LogP) is 4.63. The Morgan fingerprint density at radius 1 is 1.11 bits per heavy atom. The molecule has 100 valence electrons. The highest BCUT2D eigenvalue weighted by atomic mass is 79.9. The molecule has 0 bridgehead atoms. The monoisotopic (exact) mass is 337 g/mol. The fraction of sp³-hybridized carbons (Fsp3) is 0.200. The van der Waals surface area contributed by atoms with E-state index >= 15 is 0 Å². The largest absolute Gasteiger partial charge is 0.496 e. The second kappa shape index (κ2) is 6.46. The molecule has 0 saturated heterocycles. The molecule has 0 amide bonds. The summed E-state index contributed by atoms with van der Waals surface area (Å²) < 4.78 is 6.49. The topological polar surface area (TPSA) is 35.2 Å². The van der Waals surface area contributed by atoms with Crippen molar-refractivity contribution < 1.29 is 4.74 Å². The number of halogens is 1. The second-order valence-corrected chi connectivity index (χ2v) is 6.13. The predicted molar refractivity (Wildman–Crippen MR) is 83.9 cm³/mol. The van der Waals surface area contributed by atoms with Gasteiger partial charge < -0.3 is 10.5 Å². The molecule has 2 N–H and O–H groups in total. The van der Waals surface area contributed by atoms with Crippen LogP contribution in [0.25, 0.3) is 0 Å². The summed E-state index contributed by atoms with van der Waals surface area (Å²) >= 11 is 5.26. The van der Waals surface area contributed by atoms with Crippen LogP contribution in [-0.4, -0.2) is 7.11 Å². The molecule has 1 unspecified atom stereocenters. The quantitative estimate of drug-likeness (QED) is 0.883. The Labute approximate surface area is 126 Å². The van der Waals surface area contributed by atoms with Crippen LogP contribution in [-0.2, 0) is 0 Å². The third kappa shape index (κ3) is 3.32. The van der Waals surface area contributed by atoms with Crippen LogP contribution in [0, 0.1) is 0 Å². The smallest absolute Gasteiger partial charge is 0.124 e. The van der Waals surface area contributed by atoms with E-state index in [0.717, 1.165) is 25.6 Å². The van der Waals surface area contributed by atoms with Crippen molar-refractivity contribution in [2.75, 3.05) is 7.11 Å². The minimum absolute atomic E-state index is 0.0684. The lowest BCUT2D eigenvalue weighted by Crippen LogP contribution is -2.08. The van der Waals surface area contributed by atoms with Crippen molar-refractivity contribution in [3.05, 3.63) is 52.5 Å². The van der Waals surface area contributed by atoms with Gasteiger partial charge in [-0.15, -0.1) is 0 Å². The zero-order valence-corrected chi connectivity index (χ0v) is 13.3. The van der Waals surface area contributed by atoms with Crippen LogP contribution < -0.4 is 10.5 Å². The summed E-state index contributed by atoms with van der Waals surface area (Å²) in [6.07, 6.45) is 0. The van der Waals surface area contributed by atoms with Crippen LogP contribution in [0.3, 0.4) is 0 Å². The van der Waals surface area contributed by atoms with Crippen LogP contribution >= 0.6 is 27.7 Å². The summed E-state index contributed by atoms with van der Waals surface area (Å²) in [6, 6.07) is 14.1. The normalized spacial score (nSPS) is 12.2. The van der Waals surface area contributed by atoms with Gasteiger partial charge in [0, 0.05) is 25.9 Å². The third-order valence-corrected chi connectivity index (χ3v) is 4.86. The van der Waals surface area contributed by atoms with E-state index < -0.39 is 0 Å². The number of ether oxygens (including phenoxy) is 1. The van der Waals surface area contributed by atoms with Crippen molar-refractivity contribution in [2.45, 2.75) is 22.8 Å². The van der Waals surface area contributed by atoms with Gasteiger partial charge in [0.15, 0.2) is 0 Å². The van der Waals surface area contributed by atoms with Crippen molar-refractivity contribution in [1.82, 2.24) is 0 Å². The Hall–Kier alpha value is -0.970. The van der Waals surface area contributed by atoms with E-state index in [1.807, 2.05) is 37.3 Å². The summed E-state index contributed by atoms with van der Waals surface area (Å²) in [6.45, 7) is 1.97. The first-order valence-corrected chi connectivity index (χ1v) is 7.59. The molecule has 2 aromatic rings. The van der Waals surface area contributed by atoms with E-state index in [1.165, 1.54) is 0 Å². The zero-order valence-electron chi connectivity index (χ0n) is 10.9. The summed E-state index contributed by atoms with van der Waals surface area (Å²) in [5.41, 5.74) is 7.12. The van der Waals surface area contributed by atoms with E-state index in [2.05, 4.69) is 28.1 Å². The number of hydrogen-bond acceptors (Lipinski definition) is 3. The molecule has 2 nitrogen and oxygen atoms in total. The Morgan fingerprint density at radius 2 is 1.79 bits per heavy atom. The Bertz CT molecular complexity index is 572. The Morgan fingerprint density at radius 3 is 2.42 bits per heavy atom. The van der Waals surface area contributed by atoms with Crippen molar-refractivity contribution in [3.8, 4) is 5.75 Å². The van der Waals surface area contributed by atoms with Gasteiger partial charge in [-0.25, -0.2) is 0 Å². The molecular formula is C15H16BrNOS. The molecule has 2 aromatic carbocycles. The highest BCUT2D eigenvalue weighted by Crippen LogP contribution is 2.39. The van der Waals surface area contributed by atoms with E-state index in [1.54, 1.807) is 18.9 Å². The average Bonchev–Trinajstić information content (AvgIpc) is 2.40. The Balaban J connectivity index is 2.43. The molecule has 0 aliphatic heterocycles. The van der Waals surface area contributed by atoms with Gasteiger partial charge in [-0.3, -0.25) is 0 Å². The molecule has 0 saturated carbocycles. The van der Waals surface area contributed by atoms with Crippen LogP contribution in [0.2, 0.25) is 0 Å². The van der Waals surface area contributed by atoms with E-state index in [-0.39, 0.29) is 6.04 Å². The van der Waals surface area contributed by atoms with Crippen molar-refractivity contribution in [3.63, 3.8) is 0 Å². The number of hydrogen-bond donors (Lipinski definition) is 1. The van der Waals surface area contributed by atoms with E-state index in [4.69, 9.17) is 10.5 Å². The van der Waals surface area contributed by atoms with E-state index in [9.17, 15) is 0 Å². The molecule has 0 radical (unpaired) electrons. The van der Waals surface area contributed by atoms with Crippen LogP contribution in [0.15, 0.2) is 56.7 Å². The lowest BCUT2D eigenvalue weighted by molar-refractivity contribution is 0.405. The average molecular weight is 338 g/mol. The Kier molecular flexibility index (Phi) is 4.91. The van der Waals surface area contributed by atoms with Crippen molar-refractivity contribution in [2.24, 2.45) is 5.73 Å². The standard InChI is InChI=1S/C15H16BrNOS/c1-10(17)15-12(18-2)7-5-9-14(15)19-13-8-4-3-6-11(13)16/h3-10H,17H2,1-2H3. The van der Waals surface area contributed by atoms with Crippen molar-refractivity contribution >= 4 is 27.7 Å². The molecular weight excluding hydrogens is 322 g/mol. The van der Waals surface area contributed by atoms with Crippen LogP contribution in [0.4, 0.5) is 0 Å². The minimum Gasteiger partial charge on any atom is -0.496 e. The van der Waals surface area contributed by atoms with Gasteiger partial charge in [0.2, 0.25) is 0 Å². The highest BCUT2D eigenvalue weighted by molar-refractivity contribution is 9.10. The number of benzene rings is 2. The van der Waals surface area contributed by atoms with Crippen LogP contribution in [0.1, 0.15) is 18.5 Å². The zero-order chi connectivity index (χ0) is 13.8. The van der Waals surface area contributed by atoms with Gasteiger partial charge in [0.05, 0.1) is 7.11 Å². The SMILES string of the molecule is COc1cccc(Sc2ccccc2Br)c1C(C)N. The molecule has 0 aliphatic carbocycles. The maximum absolute atomic E-state index is 6.08. The molecule has 0 heterocycles. The molecule has 0 spiro atoms. The molecule has 0 aromatic heterocycles. The first-order chi connectivity index (χ1) is 9.13. The van der Waals surface area contributed by atoms with Gasteiger partial charge >= 0.3 is 0 Å². The van der Waals surface area contributed by atoms with Gasteiger partial charge in [-0.1, -0.05) is 30.0 Å². The molecule has 0 aliphatic rings. The molecule has 19 heavy (non-hydrogen) atoms. The minimum atomic E-state index is -0.0684. The lowest BCUT2D eigenvalue weighted by Gasteiger charge is -2.16. The van der Waals surface area contributed by atoms with Crippen LogP contribution in [0.5, 0.6) is 5.75 Å². The molecule has 1 atom stereocenters. The first-order valence-electron chi connectivity index (χ1n) is 5.98. The summed E-state index contributed by atoms with van der Waals surface area (Å²) in [5, 5.41) is 0. The lowest BCUT2D eigenvalue weighted by atomic mass is 10.1. The molecule has 0 fully saturated rings. The number of nitrogens with two attached hydrogens (primary N) is 1. The fourth-order valence-corrected chi connectivity index (χ4v) is 3.51. The third-order valence-electron chi connectivity index (χ3n) is 2.76. The van der Waals surface area contributed by atoms with Crippen molar-refractivity contribution in [1.29, 1.82) is 0 Å². The van der Waals surface area contributed by atoms with Gasteiger partial charge in [0.25, 0.3) is 0 Å². The first kappa shape index (κ1) is 14.4. The van der Waals surface area contributed by atoms with Gasteiger partial charge in [-0.2, -0.15) is 0 Å². The second-order valence-electron chi connectivity index (χ2n) is 4.19.